The standard InChI is InChI=1S/C16H21N3O/c1-16(2,3)13(10-17)19-15(20)14-12-7-5-4-6-11(12)8-9-18-14/h4-9,13H,10,17H2,1-3H3,(H,19,20). The molecule has 1 atom stereocenters. The van der Waals surface area contributed by atoms with Gasteiger partial charge in [0.25, 0.3) is 5.91 Å². The van der Waals surface area contributed by atoms with Crippen LogP contribution in [0, 0.1) is 5.41 Å². The minimum atomic E-state index is -0.174. The quantitative estimate of drug-likeness (QED) is 0.900. The van der Waals surface area contributed by atoms with Crippen LogP contribution in [-0.2, 0) is 0 Å². The average Bonchev–Trinajstić information content (AvgIpc) is 2.42. The molecule has 0 aliphatic rings. The highest BCUT2D eigenvalue weighted by Crippen LogP contribution is 2.20. The maximum absolute atomic E-state index is 12.4. The van der Waals surface area contributed by atoms with Gasteiger partial charge < -0.3 is 11.1 Å². The summed E-state index contributed by atoms with van der Waals surface area (Å²) in [5, 5.41) is 4.85. The molecule has 3 N–H and O–H groups in total. The second kappa shape index (κ2) is 5.59. The number of pyridine rings is 1. The Morgan fingerprint density at radius 1 is 1.30 bits per heavy atom. The van der Waals surface area contributed by atoms with E-state index < -0.39 is 0 Å². The van der Waals surface area contributed by atoms with E-state index in [-0.39, 0.29) is 17.4 Å². The van der Waals surface area contributed by atoms with E-state index >= 15 is 0 Å². The number of nitrogens with one attached hydrogen (secondary N) is 1. The monoisotopic (exact) mass is 271 g/mol. The summed E-state index contributed by atoms with van der Waals surface area (Å²) in [5.74, 6) is -0.174. The van der Waals surface area contributed by atoms with E-state index in [9.17, 15) is 4.79 Å². The summed E-state index contributed by atoms with van der Waals surface area (Å²) in [6.45, 7) is 6.57. The number of hydrogen-bond acceptors (Lipinski definition) is 3. The molecular weight excluding hydrogens is 250 g/mol. The lowest BCUT2D eigenvalue weighted by Gasteiger charge is -2.30. The molecule has 0 radical (unpaired) electrons. The zero-order valence-electron chi connectivity index (χ0n) is 12.2. The van der Waals surface area contributed by atoms with Crippen molar-refractivity contribution in [3.05, 3.63) is 42.2 Å². The van der Waals surface area contributed by atoms with Gasteiger partial charge in [0, 0.05) is 24.2 Å². The topological polar surface area (TPSA) is 68.0 Å². The van der Waals surface area contributed by atoms with Gasteiger partial charge in [-0.05, 0) is 16.9 Å². The first-order valence-corrected chi connectivity index (χ1v) is 6.78. The average molecular weight is 271 g/mol. The van der Waals surface area contributed by atoms with E-state index in [0.29, 0.717) is 12.2 Å². The lowest BCUT2D eigenvalue weighted by atomic mass is 9.86. The lowest BCUT2D eigenvalue weighted by Crippen LogP contribution is -2.48. The van der Waals surface area contributed by atoms with E-state index in [4.69, 9.17) is 5.73 Å². The maximum Gasteiger partial charge on any atom is 0.270 e. The molecule has 4 nitrogen and oxygen atoms in total. The molecule has 0 fully saturated rings. The molecule has 20 heavy (non-hydrogen) atoms. The van der Waals surface area contributed by atoms with Crippen LogP contribution in [0.4, 0.5) is 0 Å². The summed E-state index contributed by atoms with van der Waals surface area (Å²) in [7, 11) is 0. The van der Waals surface area contributed by atoms with Crippen LogP contribution >= 0.6 is 0 Å². The zero-order valence-corrected chi connectivity index (χ0v) is 12.2. The fraction of sp³-hybridized carbons (Fsp3) is 0.375. The molecule has 0 aliphatic carbocycles. The zero-order chi connectivity index (χ0) is 14.8. The molecule has 0 saturated carbocycles. The molecule has 1 aromatic heterocycles. The minimum Gasteiger partial charge on any atom is -0.346 e. The van der Waals surface area contributed by atoms with Crippen LogP contribution in [-0.4, -0.2) is 23.5 Å². The van der Waals surface area contributed by atoms with Gasteiger partial charge in [0.1, 0.15) is 5.69 Å². The number of benzene rings is 1. The molecule has 2 rings (SSSR count). The number of nitrogens with two attached hydrogens (primary N) is 1. The van der Waals surface area contributed by atoms with Crippen molar-refractivity contribution in [2.24, 2.45) is 11.1 Å². The van der Waals surface area contributed by atoms with Crippen LogP contribution in [0.25, 0.3) is 10.8 Å². The van der Waals surface area contributed by atoms with E-state index in [0.717, 1.165) is 10.8 Å². The number of amides is 1. The van der Waals surface area contributed by atoms with Crippen LogP contribution in [0.2, 0.25) is 0 Å². The fourth-order valence-corrected chi connectivity index (χ4v) is 2.16. The Labute approximate surface area is 119 Å². The third-order valence-corrected chi connectivity index (χ3v) is 3.48. The predicted octanol–water partition coefficient (Wildman–Crippen LogP) is 2.34. The number of carbonyl (C=O) groups is 1. The maximum atomic E-state index is 12.4. The van der Waals surface area contributed by atoms with Gasteiger partial charge in [-0.1, -0.05) is 45.0 Å². The summed E-state index contributed by atoms with van der Waals surface area (Å²) >= 11 is 0. The van der Waals surface area contributed by atoms with Crippen LogP contribution < -0.4 is 11.1 Å². The van der Waals surface area contributed by atoms with Gasteiger partial charge in [-0.3, -0.25) is 9.78 Å². The molecule has 2 aromatic rings. The van der Waals surface area contributed by atoms with E-state index in [1.54, 1.807) is 6.20 Å². The molecule has 0 spiro atoms. The third-order valence-electron chi connectivity index (χ3n) is 3.48. The van der Waals surface area contributed by atoms with E-state index in [2.05, 4.69) is 31.1 Å². The second-order valence-corrected chi connectivity index (χ2v) is 6.01. The van der Waals surface area contributed by atoms with Crippen molar-refractivity contribution in [1.82, 2.24) is 10.3 Å². The molecule has 1 amide bonds. The molecule has 0 saturated heterocycles. The highest BCUT2D eigenvalue weighted by Gasteiger charge is 2.26. The van der Waals surface area contributed by atoms with E-state index in [1.165, 1.54) is 0 Å². The Bertz CT molecular complexity index is 611. The van der Waals surface area contributed by atoms with Gasteiger partial charge in [-0.25, -0.2) is 0 Å². The van der Waals surface area contributed by atoms with Crippen molar-refractivity contribution >= 4 is 16.7 Å². The van der Waals surface area contributed by atoms with Crippen LogP contribution in [0.5, 0.6) is 0 Å². The Morgan fingerprint density at radius 3 is 2.65 bits per heavy atom. The summed E-state index contributed by atoms with van der Waals surface area (Å²) in [5.41, 5.74) is 6.12. The van der Waals surface area contributed by atoms with Gasteiger partial charge >= 0.3 is 0 Å². The molecule has 1 heterocycles. The Hall–Kier alpha value is -1.94. The first-order valence-electron chi connectivity index (χ1n) is 6.78. The van der Waals surface area contributed by atoms with Gasteiger partial charge in [0.15, 0.2) is 0 Å². The van der Waals surface area contributed by atoms with Gasteiger partial charge in [-0.2, -0.15) is 0 Å². The Morgan fingerprint density at radius 2 is 2.00 bits per heavy atom. The third kappa shape index (κ3) is 2.96. The molecule has 0 aliphatic heterocycles. The predicted molar refractivity (Wildman–Crippen MR) is 81.5 cm³/mol. The first-order chi connectivity index (χ1) is 9.43. The van der Waals surface area contributed by atoms with Crippen LogP contribution in [0.1, 0.15) is 31.3 Å². The number of aromatic nitrogens is 1. The normalized spacial score (nSPS) is 13.2. The highest BCUT2D eigenvalue weighted by molar-refractivity contribution is 6.05. The fourth-order valence-electron chi connectivity index (χ4n) is 2.16. The number of hydrogen-bond donors (Lipinski definition) is 2. The first kappa shape index (κ1) is 14.5. The summed E-state index contributed by atoms with van der Waals surface area (Å²) in [6, 6.07) is 9.54. The Kier molecular flexibility index (Phi) is 4.04. The van der Waals surface area contributed by atoms with Crippen molar-refractivity contribution in [1.29, 1.82) is 0 Å². The number of carbonyl (C=O) groups excluding carboxylic acids is 1. The summed E-state index contributed by atoms with van der Waals surface area (Å²) < 4.78 is 0. The molecule has 106 valence electrons. The lowest BCUT2D eigenvalue weighted by molar-refractivity contribution is 0.0902. The second-order valence-electron chi connectivity index (χ2n) is 6.01. The molecule has 1 aromatic carbocycles. The van der Waals surface area contributed by atoms with Crippen LogP contribution in [0.15, 0.2) is 36.5 Å². The summed E-state index contributed by atoms with van der Waals surface area (Å²) in [6.07, 6.45) is 1.66. The molecule has 1 unspecified atom stereocenters. The van der Waals surface area contributed by atoms with E-state index in [1.807, 2.05) is 30.3 Å². The summed E-state index contributed by atoms with van der Waals surface area (Å²) in [4.78, 5) is 16.7. The largest absolute Gasteiger partial charge is 0.346 e. The van der Waals surface area contributed by atoms with Gasteiger partial charge in [0.2, 0.25) is 0 Å². The van der Waals surface area contributed by atoms with Crippen molar-refractivity contribution in [3.8, 4) is 0 Å². The SMILES string of the molecule is CC(C)(C)C(CN)NC(=O)c1nccc2ccccc12. The van der Waals surface area contributed by atoms with Crippen LogP contribution in [0.3, 0.4) is 0 Å². The van der Waals surface area contributed by atoms with Crippen molar-refractivity contribution in [2.75, 3.05) is 6.54 Å². The highest BCUT2D eigenvalue weighted by atomic mass is 16.1. The van der Waals surface area contributed by atoms with Crippen molar-refractivity contribution < 1.29 is 4.79 Å². The minimum absolute atomic E-state index is 0.0873. The number of rotatable bonds is 3. The molecular formula is C16H21N3O. The van der Waals surface area contributed by atoms with Crippen molar-refractivity contribution in [3.63, 3.8) is 0 Å². The molecule has 0 bridgehead atoms. The smallest absolute Gasteiger partial charge is 0.270 e. The van der Waals surface area contributed by atoms with Gasteiger partial charge in [0.05, 0.1) is 0 Å². The number of fused-ring (bicyclic) bond motifs is 1. The number of nitrogens with zero attached hydrogens (tertiary/aromatic N) is 1. The Balaban J connectivity index is 2.32. The van der Waals surface area contributed by atoms with Crippen molar-refractivity contribution in [2.45, 2.75) is 26.8 Å². The molecule has 4 heteroatoms. The van der Waals surface area contributed by atoms with Gasteiger partial charge in [-0.15, -0.1) is 0 Å².